The Morgan fingerprint density at radius 1 is 1.17 bits per heavy atom. The highest BCUT2D eigenvalue weighted by Gasteiger charge is 2.42. The van der Waals surface area contributed by atoms with Gasteiger partial charge in [0.25, 0.3) is 5.91 Å². The highest BCUT2D eigenvalue weighted by atomic mass is 32.1. The molecular weight excluding hydrogens is 398 g/mol. The lowest BCUT2D eigenvalue weighted by atomic mass is 9.91. The number of anilines is 1. The fraction of sp³-hybridized carbons (Fsp3) is 0.545. The third kappa shape index (κ3) is 4.33. The zero-order chi connectivity index (χ0) is 21.3. The summed E-state index contributed by atoms with van der Waals surface area (Å²) in [7, 11) is 0. The van der Waals surface area contributed by atoms with Crippen LogP contribution in [-0.2, 0) is 4.79 Å². The summed E-state index contributed by atoms with van der Waals surface area (Å²) in [5.74, 6) is 0.240. The fourth-order valence-corrected chi connectivity index (χ4v) is 5.11. The van der Waals surface area contributed by atoms with Crippen molar-refractivity contribution >= 4 is 29.1 Å². The van der Waals surface area contributed by atoms with Crippen LogP contribution < -0.4 is 10.2 Å². The number of carbonyl (C=O) groups excluding carboxylic acids is 2. The lowest BCUT2D eigenvalue weighted by Crippen LogP contribution is -2.39. The molecule has 2 aliphatic rings. The van der Waals surface area contributed by atoms with E-state index in [1.807, 2.05) is 39.0 Å². The number of hydrogen-bond donors (Lipinski definition) is 1. The van der Waals surface area contributed by atoms with Crippen molar-refractivity contribution in [2.45, 2.75) is 45.6 Å². The van der Waals surface area contributed by atoms with Crippen molar-refractivity contribution in [1.29, 1.82) is 0 Å². The SMILES string of the molecule is Cc1ccc(C(=O)N2C[C@@H](C(=O)NC(C)C)[C@H](c3ccnc(N4CCCC4)n3)C2)s1. The van der Waals surface area contributed by atoms with Gasteiger partial charge in [0, 0.05) is 49.2 Å². The van der Waals surface area contributed by atoms with Crippen LogP contribution in [0.2, 0.25) is 0 Å². The zero-order valence-corrected chi connectivity index (χ0v) is 18.6. The van der Waals surface area contributed by atoms with Crippen molar-refractivity contribution in [1.82, 2.24) is 20.2 Å². The van der Waals surface area contributed by atoms with Gasteiger partial charge in [0.1, 0.15) is 0 Å². The maximum atomic E-state index is 13.1. The van der Waals surface area contributed by atoms with Crippen molar-refractivity contribution in [3.63, 3.8) is 0 Å². The number of aromatic nitrogens is 2. The number of carbonyl (C=O) groups is 2. The number of thiophene rings is 1. The molecular formula is C22H29N5O2S. The van der Waals surface area contributed by atoms with Crippen molar-refractivity contribution in [3.05, 3.63) is 39.8 Å². The van der Waals surface area contributed by atoms with E-state index in [0.717, 1.165) is 47.3 Å². The maximum Gasteiger partial charge on any atom is 0.263 e. The minimum absolute atomic E-state index is 0.00762. The minimum Gasteiger partial charge on any atom is -0.354 e. The first-order chi connectivity index (χ1) is 14.4. The summed E-state index contributed by atoms with van der Waals surface area (Å²) < 4.78 is 0. The molecule has 4 rings (SSSR count). The van der Waals surface area contributed by atoms with Crippen LogP contribution in [0.1, 0.15) is 52.8 Å². The largest absolute Gasteiger partial charge is 0.354 e. The average molecular weight is 428 g/mol. The van der Waals surface area contributed by atoms with Gasteiger partial charge in [-0.05, 0) is 51.8 Å². The number of nitrogens with one attached hydrogen (secondary N) is 1. The van der Waals surface area contributed by atoms with E-state index in [4.69, 9.17) is 4.98 Å². The summed E-state index contributed by atoms with van der Waals surface area (Å²) in [6.07, 6.45) is 4.08. The van der Waals surface area contributed by atoms with Crippen LogP contribution in [0.5, 0.6) is 0 Å². The van der Waals surface area contributed by atoms with Crippen LogP contribution in [0.25, 0.3) is 0 Å². The lowest BCUT2D eigenvalue weighted by Gasteiger charge is -2.21. The van der Waals surface area contributed by atoms with E-state index in [2.05, 4.69) is 15.2 Å². The topological polar surface area (TPSA) is 78.4 Å². The molecule has 0 aromatic carbocycles. The number of likely N-dealkylation sites (tertiary alicyclic amines) is 1. The molecule has 30 heavy (non-hydrogen) atoms. The molecule has 160 valence electrons. The molecule has 0 saturated carbocycles. The summed E-state index contributed by atoms with van der Waals surface area (Å²) >= 11 is 1.50. The summed E-state index contributed by atoms with van der Waals surface area (Å²) in [6, 6.07) is 5.77. The number of amides is 2. The van der Waals surface area contributed by atoms with E-state index in [0.29, 0.717) is 13.1 Å². The number of nitrogens with zero attached hydrogens (tertiary/aromatic N) is 4. The van der Waals surface area contributed by atoms with Gasteiger partial charge in [-0.15, -0.1) is 11.3 Å². The Morgan fingerprint density at radius 2 is 1.93 bits per heavy atom. The first-order valence-corrected chi connectivity index (χ1v) is 11.5. The van der Waals surface area contributed by atoms with Gasteiger partial charge < -0.3 is 15.1 Å². The molecule has 2 atom stereocenters. The summed E-state index contributed by atoms with van der Waals surface area (Å²) in [6.45, 7) is 8.73. The second-order valence-electron chi connectivity index (χ2n) is 8.47. The summed E-state index contributed by atoms with van der Waals surface area (Å²) in [5.41, 5.74) is 0.841. The lowest BCUT2D eigenvalue weighted by molar-refractivity contribution is -0.125. The van der Waals surface area contributed by atoms with Crippen LogP contribution >= 0.6 is 11.3 Å². The quantitative estimate of drug-likeness (QED) is 0.794. The van der Waals surface area contributed by atoms with E-state index >= 15 is 0 Å². The predicted molar refractivity (Wildman–Crippen MR) is 118 cm³/mol. The first-order valence-electron chi connectivity index (χ1n) is 10.7. The Kier molecular flexibility index (Phi) is 6.04. The number of hydrogen-bond acceptors (Lipinski definition) is 6. The molecule has 1 N–H and O–H groups in total. The molecule has 2 aromatic heterocycles. The van der Waals surface area contributed by atoms with E-state index in [1.165, 1.54) is 11.3 Å². The molecule has 4 heterocycles. The van der Waals surface area contributed by atoms with Crippen LogP contribution in [0, 0.1) is 12.8 Å². The van der Waals surface area contributed by atoms with Gasteiger partial charge in [-0.1, -0.05) is 0 Å². The Bertz CT molecular complexity index is 922. The molecule has 2 aromatic rings. The summed E-state index contributed by atoms with van der Waals surface area (Å²) in [5, 5.41) is 3.03. The van der Waals surface area contributed by atoms with E-state index < -0.39 is 0 Å². The Hall–Kier alpha value is -2.48. The molecule has 0 radical (unpaired) electrons. The molecule has 0 spiro atoms. The Balaban J connectivity index is 1.60. The molecule has 0 unspecified atom stereocenters. The number of rotatable bonds is 5. The molecule has 7 nitrogen and oxygen atoms in total. The van der Waals surface area contributed by atoms with Gasteiger partial charge in [-0.2, -0.15) is 0 Å². The van der Waals surface area contributed by atoms with Crippen molar-refractivity contribution in [2.75, 3.05) is 31.1 Å². The van der Waals surface area contributed by atoms with Gasteiger partial charge in [-0.3, -0.25) is 9.59 Å². The second-order valence-corrected chi connectivity index (χ2v) is 9.76. The van der Waals surface area contributed by atoms with Crippen LogP contribution in [-0.4, -0.2) is 58.9 Å². The highest BCUT2D eigenvalue weighted by molar-refractivity contribution is 7.13. The van der Waals surface area contributed by atoms with Gasteiger partial charge >= 0.3 is 0 Å². The minimum atomic E-state index is -0.321. The molecule has 0 bridgehead atoms. The average Bonchev–Trinajstić information content (AvgIpc) is 3.47. The van der Waals surface area contributed by atoms with Gasteiger partial charge in [0.2, 0.25) is 11.9 Å². The molecule has 2 aliphatic heterocycles. The van der Waals surface area contributed by atoms with E-state index in [1.54, 1.807) is 11.1 Å². The van der Waals surface area contributed by atoms with Crippen molar-refractivity contribution < 1.29 is 9.59 Å². The molecule has 2 amide bonds. The smallest absolute Gasteiger partial charge is 0.263 e. The van der Waals surface area contributed by atoms with Gasteiger partial charge in [-0.25, -0.2) is 9.97 Å². The molecule has 2 fully saturated rings. The maximum absolute atomic E-state index is 13.1. The zero-order valence-electron chi connectivity index (χ0n) is 17.8. The summed E-state index contributed by atoms with van der Waals surface area (Å²) in [4.78, 5) is 41.1. The van der Waals surface area contributed by atoms with Gasteiger partial charge in [0.15, 0.2) is 0 Å². The second kappa shape index (κ2) is 8.71. The Morgan fingerprint density at radius 3 is 2.60 bits per heavy atom. The highest BCUT2D eigenvalue weighted by Crippen LogP contribution is 2.34. The first kappa shape index (κ1) is 20.8. The standard InChI is InChI=1S/C22H29N5O2S/c1-14(2)24-20(28)17-13-27(21(29)19-7-6-15(3)30-19)12-16(17)18-8-9-23-22(25-18)26-10-4-5-11-26/h6-9,14,16-17H,4-5,10-13H2,1-3H3,(H,24,28)/t16-,17-/m1/s1. The van der Waals surface area contributed by atoms with Crippen LogP contribution in [0.15, 0.2) is 24.4 Å². The predicted octanol–water partition coefficient (Wildman–Crippen LogP) is 2.83. The van der Waals surface area contributed by atoms with Crippen molar-refractivity contribution in [2.24, 2.45) is 5.92 Å². The van der Waals surface area contributed by atoms with Crippen LogP contribution in [0.4, 0.5) is 5.95 Å². The third-order valence-corrected chi connectivity index (χ3v) is 6.75. The molecule has 2 saturated heterocycles. The normalized spacial score (nSPS) is 21.5. The van der Waals surface area contributed by atoms with Crippen LogP contribution in [0.3, 0.4) is 0 Å². The van der Waals surface area contributed by atoms with Gasteiger partial charge in [0.05, 0.1) is 16.5 Å². The molecule has 8 heteroatoms. The Labute approximate surface area is 181 Å². The molecule has 0 aliphatic carbocycles. The van der Waals surface area contributed by atoms with E-state index in [9.17, 15) is 9.59 Å². The third-order valence-electron chi connectivity index (χ3n) is 5.76. The monoisotopic (exact) mass is 427 g/mol. The van der Waals surface area contributed by atoms with Crippen molar-refractivity contribution in [3.8, 4) is 0 Å². The number of aryl methyl sites for hydroxylation is 1. The van der Waals surface area contributed by atoms with E-state index in [-0.39, 0.29) is 29.7 Å². The fourth-order valence-electron chi connectivity index (χ4n) is 4.27.